The molecule has 2 aromatic carbocycles. The largest absolute Gasteiger partial charge is 0.326 e. The Morgan fingerprint density at radius 2 is 1.74 bits per heavy atom. The summed E-state index contributed by atoms with van der Waals surface area (Å²) in [5, 5.41) is 3.09. The second-order valence-corrected chi connectivity index (χ2v) is 5.34. The monoisotopic (exact) mass is 323 g/mol. The molecule has 1 N–H and O–H groups in total. The van der Waals surface area contributed by atoms with Gasteiger partial charge < -0.3 is 5.32 Å². The SMILES string of the molecule is O=C(Cc1ccccc1)Nc1ccc(-c2ccnc(Cl)n2)cc1. The fraction of sp³-hybridized carbons (Fsp3) is 0.0556. The average molecular weight is 324 g/mol. The molecule has 0 bridgehead atoms. The standard InChI is InChI=1S/C18H14ClN3O/c19-18-20-11-10-16(22-18)14-6-8-15(9-7-14)21-17(23)12-13-4-2-1-3-5-13/h1-11H,12H2,(H,21,23). The van der Waals surface area contributed by atoms with Gasteiger partial charge in [-0.2, -0.15) is 0 Å². The average Bonchev–Trinajstić information content (AvgIpc) is 2.56. The number of halogens is 1. The van der Waals surface area contributed by atoms with Crippen molar-refractivity contribution in [2.45, 2.75) is 6.42 Å². The van der Waals surface area contributed by atoms with Crippen LogP contribution < -0.4 is 5.32 Å². The summed E-state index contributed by atoms with van der Waals surface area (Å²) in [5.41, 5.74) is 3.38. The van der Waals surface area contributed by atoms with Crippen molar-refractivity contribution >= 4 is 23.2 Å². The van der Waals surface area contributed by atoms with E-state index in [0.29, 0.717) is 6.42 Å². The Hall–Kier alpha value is -2.72. The summed E-state index contributed by atoms with van der Waals surface area (Å²) in [6, 6.07) is 18.9. The fourth-order valence-electron chi connectivity index (χ4n) is 2.21. The second kappa shape index (κ2) is 7.03. The van der Waals surface area contributed by atoms with Gasteiger partial charge >= 0.3 is 0 Å². The van der Waals surface area contributed by atoms with Crippen LogP contribution in [0.25, 0.3) is 11.3 Å². The van der Waals surface area contributed by atoms with Crippen molar-refractivity contribution < 1.29 is 4.79 Å². The smallest absolute Gasteiger partial charge is 0.228 e. The van der Waals surface area contributed by atoms with Gasteiger partial charge in [0.2, 0.25) is 11.2 Å². The molecule has 0 unspecified atom stereocenters. The van der Waals surface area contributed by atoms with E-state index in [2.05, 4.69) is 15.3 Å². The number of hydrogen-bond acceptors (Lipinski definition) is 3. The molecule has 1 amide bonds. The van der Waals surface area contributed by atoms with E-state index in [-0.39, 0.29) is 11.2 Å². The highest BCUT2D eigenvalue weighted by Crippen LogP contribution is 2.20. The Labute approximate surface area is 139 Å². The molecule has 3 aromatic rings. The van der Waals surface area contributed by atoms with Crippen LogP contribution in [-0.4, -0.2) is 15.9 Å². The highest BCUT2D eigenvalue weighted by atomic mass is 35.5. The molecule has 0 spiro atoms. The molecule has 0 atom stereocenters. The minimum absolute atomic E-state index is 0.0472. The summed E-state index contributed by atoms with van der Waals surface area (Å²) in [6.45, 7) is 0. The lowest BCUT2D eigenvalue weighted by Crippen LogP contribution is -2.14. The molecule has 0 fully saturated rings. The molecule has 0 saturated carbocycles. The number of benzene rings is 2. The van der Waals surface area contributed by atoms with Gasteiger partial charge in [-0.15, -0.1) is 0 Å². The third-order valence-corrected chi connectivity index (χ3v) is 3.48. The number of anilines is 1. The lowest BCUT2D eigenvalue weighted by atomic mass is 10.1. The minimum atomic E-state index is -0.0472. The Bertz CT molecular complexity index is 804. The molecular formula is C18H14ClN3O. The maximum atomic E-state index is 12.0. The third kappa shape index (κ3) is 4.14. The maximum Gasteiger partial charge on any atom is 0.228 e. The van der Waals surface area contributed by atoms with Crippen LogP contribution in [-0.2, 0) is 11.2 Å². The van der Waals surface area contributed by atoms with Gasteiger partial charge in [-0.1, -0.05) is 42.5 Å². The van der Waals surface area contributed by atoms with Crippen molar-refractivity contribution in [1.82, 2.24) is 9.97 Å². The Morgan fingerprint density at radius 3 is 2.43 bits per heavy atom. The highest BCUT2D eigenvalue weighted by Gasteiger charge is 2.05. The summed E-state index contributed by atoms with van der Waals surface area (Å²) < 4.78 is 0. The summed E-state index contributed by atoms with van der Waals surface area (Å²) in [5.74, 6) is -0.0472. The minimum Gasteiger partial charge on any atom is -0.326 e. The Kier molecular flexibility index (Phi) is 4.64. The van der Waals surface area contributed by atoms with Crippen molar-refractivity contribution in [2.24, 2.45) is 0 Å². The lowest BCUT2D eigenvalue weighted by molar-refractivity contribution is -0.115. The predicted octanol–water partition coefficient (Wildman–Crippen LogP) is 3.98. The van der Waals surface area contributed by atoms with E-state index in [9.17, 15) is 4.79 Å². The molecule has 0 aliphatic rings. The van der Waals surface area contributed by atoms with Crippen LogP contribution in [0.15, 0.2) is 66.9 Å². The van der Waals surface area contributed by atoms with Crippen LogP contribution in [0.2, 0.25) is 5.28 Å². The molecule has 0 aliphatic carbocycles. The molecule has 23 heavy (non-hydrogen) atoms. The van der Waals surface area contributed by atoms with Crippen LogP contribution in [0.5, 0.6) is 0 Å². The van der Waals surface area contributed by atoms with Crippen LogP contribution >= 0.6 is 11.6 Å². The van der Waals surface area contributed by atoms with E-state index < -0.39 is 0 Å². The second-order valence-electron chi connectivity index (χ2n) is 5.00. The first-order valence-electron chi connectivity index (χ1n) is 7.13. The molecule has 114 valence electrons. The first kappa shape index (κ1) is 15.2. The maximum absolute atomic E-state index is 12.0. The van der Waals surface area contributed by atoms with Gasteiger partial charge in [-0.3, -0.25) is 4.79 Å². The Morgan fingerprint density at radius 1 is 1.00 bits per heavy atom. The van der Waals surface area contributed by atoms with E-state index in [1.807, 2.05) is 54.6 Å². The van der Waals surface area contributed by atoms with E-state index in [4.69, 9.17) is 11.6 Å². The molecule has 5 heteroatoms. The van der Waals surface area contributed by atoms with Gasteiger partial charge in [0.1, 0.15) is 0 Å². The lowest BCUT2D eigenvalue weighted by Gasteiger charge is -2.07. The number of amides is 1. The molecule has 1 heterocycles. The number of carbonyl (C=O) groups is 1. The van der Waals surface area contributed by atoms with Crippen LogP contribution in [0.1, 0.15) is 5.56 Å². The summed E-state index contributed by atoms with van der Waals surface area (Å²) in [6.07, 6.45) is 1.96. The van der Waals surface area contributed by atoms with E-state index in [1.165, 1.54) is 0 Å². The number of nitrogens with one attached hydrogen (secondary N) is 1. The van der Waals surface area contributed by atoms with Crippen molar-refractivity contribution in [3.05, 3.63) is 77.7 Å². The van der Waals surface area contributed by atoms with E-state index in [0.717, 1.165) is 22.5 Å². The molecule has 1 aromatic heterocycles. The number of carbonyl (C=O) groups excluding carboxylic acids is 1. The van der Waals surface area contributed by atoms with Gasteiger partial charge in [0.25, 0.3) is 0 Å². The summed E-state index contributed by atoms with van der Waals surface area (Å²) in [4.78, 5) is 20.0. The number of rotatable bonds is 4. The quantitative estimate of drug-likeness (QED) is 0.739. The fourth-order valence-corrected chi connectivity index (χ4v) is 2.35. The number of aromatic nitrogens is 2. The normalized spacial score (nSPS) is 10.3. The van der Waals surface area contributed by atoms with E-state index >= 15 is 0 Å². The topological polar surface area (TPSA) is 54.9 Å². The molecule has 4 nitrogen and oxygen atoms in total. The molecule has 3 rings (SSSR count). The molecule has 0 saturated heterocycles. The molecule has 0 radical (unpaired) electrons. The van der Waals surface area contributed by atoms with Crippen molar-refractivity contribution in [3.63, 3.8) is 0 Å². The first-order valence-corrected chi connectivity index (χ1v) is 7.51. The van der Waals surface area contributed by atoms with Gasteiger partial charge in [-0.25, -0.2) is 9.97 Å². The van der Waals surface area contributed by atoms with Crippen molar-refractivity contribution in [1.29, 1.82) is 0 Å². The van der Waals surface area contributed by atoms with Gasteiger partial charge in [0, 0.05) is 17.4 Å². The van der Waals surface area contributed by atoms with Gasteiger partial charge in [0.15, 0.2) is 0 Å². The zero-order valence-electron chi connectivity index (χ0n) is 12.2. The first-order chi connectivity index (χ1) is 11.2. The number of nitrogens with zero attached hydrogens (tertiary/aromatic N) is 2. The molecule has 0 aliphatic heterocycles. The van der Waals surface area contributed by atoms with Crippen molar-refractivity contribution in [2.75, 3.05) is 5.32 Å². The van der Waals surface area contributed by atoms with Crippen LogP contribution in [0, 0.1) is 0 Å². The zero-order chi connectivity index (χ0) is 16.1. The van der Waals surface area contributed by atoms with E-state index in [1.54, 1.807) is 12.3 Å². The van der Waals surface area contributed by atoms with Gasteiger partial charge in [0.05, 0.1) is 12.1 Å². The highest BCUT2D eigenvalue weighted by molar-refractivity contribution is 6.28. The van der Waals surface area contributed by atoms with Crippen LogP contribution in [0.3, 0.4) is 0 Å². The predicted molar refractivity (Wildman–Crippen MR) is 91.3 cm³/mol. The third-order valence-electron chi connectivity index (χ3n) is 3.30. The van der Waals surface area contributed by atoms with Crippen molar-refractivity contribution in [3.8, 4) is 11.3 Å². The van der Waals surface area contributed by atoms with Crippen LogP contribution in [0.4, 0.5) is 5.69 Å². The van der Waals surface area contributed by atoms with Gasteiger partial charge in [-0.05, 0) is 35.4 Å². The summed E-state index contributed by atoms with van der Waals surface area (Å²) in [7, 11) is 0. The Balaban J connectivity index is 1.67. The molecular weight excluding hydrogens is 310 g/mol. The number of hydrogen-bond donors (Lipinski definition) is 1. The summed E-state index contributed by atoms with van der Waals surface area (Å²) >= 11 is 5.79. The zero-order valence-corrected chi connectivity index (χ0v) is 13.0.